The molecule has 0 saturated heterocycles. The second-order valence-corrected chi connectivity index (χ2v) is 4.36. The van der Waals surface area contributed by atoms with Crippen LogP contribution in [0.25, 0.3) is 0 Å². The van der Waals surface area contributed by atoms with Gasteiger partial charge >= 0.3 is 0 Å². The molecule has 0 aromatic heterocycles. The highest BCUT2D eigenvalue weighted by molar-refractivity contribution is 7.96. The van der Waals surface area contributed by atoms with Crippen LogP contribution >= 0.6 is 0 Å². The minimum atomic E-state index is 0.200. The van der Waals surface area contributed by atoms with E-state index in [-0.39, 0.29) is 23.3 Å². The Morgan fingerprint density at radius 2 is 2.11 bits per heavy atom. The lowest BCUT2D eigenvalue weighted by molar-refractivity contribution is -0.120. The quantitative estimate of drug-likeness (QED) is 0.529. The first-order valence-corrected chi connectivity index (χ1v) is 4.92. The lowest BCUT2D eigenvalue weighted by Gasteiger charge is -1.94. The van der Waals surface area contributed by atoms with Crippen LogP contribution in [0.4, 0.5) is 0 Å². The lowest BCUT2D eigenvalue weighted by Crippen LogP contribution is -2.17. The van der Waals surface area contributed by atoms with Crippen LogP contribution in [0, 0.1) is 0 Å². The topological polar surface area (TPSA) is 26.3 Å². The van der Waals surface area contributed by atoms with Crippen molar-refractivity contribution < 1.29 is 9.53 Å². The summed E-state index contributed by atoms with van der Waals surface area (Å²) in [6.45, 7) is 0.269. The van der Waals surface area contributed by atoms with Crippen LogP contribution in [0.3, 0.4) is 0 Å². The molecule has 0 aliphatic heterocycles. The first-order chi connectivity index (χ1) is 4.16. The molecule has 0 amide bonds. The van der Waals surface area contributed by atoms with E-state index in [4.69, 9.17) is 0 Å². The van der Waals surface area contributed by atoms with E-state index in [1.807, 2.05) is 12.5 Å². The van der Waals surface area contributed by atoms with Gasteiger partial charge < -0.3 is 4.74 Å². The molecule has 0 fully saturated rings. The molecule has 0 N–H and O–H groups in total. The highest BCUT2D eigenvalue weighted by Crippen LogP contribution is 1.85. The summed E-state index contributed by atoms with van der Waals surface area (Å²) in [6, 6.07) is 0. The maximum atomic E-state index is 10.7. The predicted molar refractivity (Wildman–Crippen MR) is 41.0 cm³/mol. The van der Waals surface area contributed by atoms with E-state index in [0.29, 0.717) is 5.75 Å². The Hall–Kier alpha value is -0.0200. The molecule has 0 bridgehead atoms. The molecular formula is C6H13O2S+. The summed E-state index contributed by atoms with van der Waals surface area (Å²) >= 11 is 0. The summed E-state index contributed by atoms with van der Waals surface area (Å²) in [5.74, 6) is 0.860. The van der Waals surface area contributed by atoms with Crippen LogP contribution in [0.1, 0.15) is 0 Å². The molecule has 0 atom stereocenters. The molecule has 0 aliphatic carbocycles. The van der Waals surface area contributed by atoms with Crippen molar-refractivity contribution in [3.63, 3.8) is 0 Å². The van der Waals surface area contributed by atoms with Crippen molar-refractivity contribution in [3.05, 3.63) is 0 Å². The third kappa shape index (κ3) is 5.86. The number of ketones is 1. The largest absolute Gasteiger partial charge is 0.377 e. The Morgan fingerprint density at radius 1 is 1.56 bits per heavy atom. The molecule has 0 saturated carbocycles. The van der Waals surface area contributed by atoms with Crippen LogP contribution < -0.4 is 0 Å². The van der Waals surface area contributed by atoms with Gasteiger partial charge in [0.05, 0.1) is 12.5 Å². The molecule has 3 heteroatoms. The number of hydrogen-bond acceptors (Lipinski definition) is 2. The highest BCUT2D eigenvalue weighted by atomic mass is 32.2. The molecule has 0 unspecified atom stereocenters. The third-order valence-electron chi connectivity index (χ3n) is 0.755. The van der Waals surface area contributed by atoms with Gasteiger partial charge in [-0.1, -0.05) is 0 Å². The zero-order valence-corrected chi connectivity index (χ0v) is 6.96. The van der Waals surface area contributed by atoms with E-state index in [1.54, 1.807) is 7.11 Å². The van der Waals surface area contributed by atoms with Gasteiger partial charge in [-0.3, -0.25) is 4.79 Å². The van der Waals surface area contributed by atoms with E-state index < -0.39 is 0 Å². The second kappa shape index (κ2) is 4.82. The van der Waals surface area contributed by atoms with E-state index in [1.165, 1.54) is 0 Å². The molecule has 0 heterocycles. The van der Waals surface area contributed by atoms with Crippen LogP contribution in [0.15, 0.2) is 0 Å². The minimum absolute atomic E-state index is 0.200. The number of ether oxygens (including phenoxy) is 1. The third-order valence-corrected chi connectivity index (χ3v) is 1.65. The smallest absolute Gasteiger partial charge is 0.207 e. The number of hydrogen-bond donors (Lipinski definition) is 0. The molecule has 0 aromatic carbocycles. The Labute approximate surface area is 58.9 Å². The van der Waals surface area contributed by atoms with Gasteiger partial charge in [-0.25, -0.2) is 0 Å². The maximum Gasteiger partial charge on any atom is 0.207 e. The molecular weight excluding hydrogens is 136 g/mol. The number of carbonyl (C=O) groups excluding carboxylic acids is 1. The number of methoxy groups -OCH3 is 1. The number of carbonyl (C=O) groups is 1. The molecule has 0 rings (SSSR count). The zero-order valence-electron chi connectivity index (χ0n) is 6.14. The average Bonchev–Trinajstić information content (AvgIpc) is 1.63. The summed E-state index contributed by atoms with van der Waals surface area (Å²) in [4.78, 5) is 10.7. The van der Waals surface area contributed by atoms with Gasteiger partial charge in [0.2, 0.25) is 5.78 Å². The Bertz CT molecular complexity index is 91.1. The zero-order chi connectivity index (χ0) is 7.28. The fraction of sp³-hybridized carbons (Fsp3) is 0.833. The summed E-state index contributed by atoms with van der Waals surface area (Å²) < 4.78 is 4.66. The van der Waals surface area contributed by atoms with E-state index >= 15 is 0 Å². The van der Waals surface area contributed by atoms with Crippen molar-refractivity contribution in [3.8, 4) is 0 Å². The van der Waals surface area contributed by atoms with Gasteiger partial charge in [-0.05, 0) is 10.9 Å². The van der Waals surface area contributed by atoms with Crippen LogP contribution in [-0.2, 0) is 20.4 Å². The van der Waals surface area contributed by atoms with Crippen LogP contribution in [0.5, 0.6) is 0 Å². The van der Waals surface area contributed by atoms with Gasteiger partial charge in [0, 0.05) is 7.11 Å². The van der Waals surface area contributed by atoms with Gasteiger partial charge in [0.15, 0.2) is 5.75 Å². The Kier molecular flexibility index (Phi) is 4.81. The first-order valence-electron chi connectivity index (χ1n) is 2.71. The monoisotopic (exact) mass is 149 g/mol. The SMILES string of the molecule is COCC(=O)C[S+](C)C. The molecule has 0 aliphatic rings. The maximum absolute atomic E-state index is 10.7. The van der Waals surface area contributed by atoms with Crippen molar-refractivity contribution in [1.29, 1.82) is 0 Å². The van der Waals surface area contributed by atoms with Crippen LogP contribution in [-0.4, -0.2) is 37.8 Å². The fourth-order valence-electron chi connectivity index (χ4n) is 0.525. The number of Topliss-reactive ketones (excluding diaryl/α,β-unsaturated/α-hetero) is 1. The Balaban J connectivity index is 3.27. The molecule has 0 aromatic rings. The van der Waals surface area contributed by atoms with Crippen molar-refractivity contribution >= 4 is 16.7 Å². The van der Waals surface area contributed by atoms with E-state index in [2.05, 4.69) is 4.74 Å². The van der Waals surface area contributed by atoms with Crippen molar-refractivity contribution in [2.75, 3.05) is 32.0 Å². The van der Waals surface area contributed by atoms with Crippen molar-refractivity contribution in [2.24, 2.45) is 0 Å². The molecule has 2 nitrogen and oxygen atoms in total. The van der Waals surface area contributed by atoms with Gasteiger partial charge in [-0.15, -0.1) is 0 Å². The summed E-state index contributed by atoms with van der Waals surface area (Å²) in [5, 5.41) is 0. The fourth-order valence-corrected chi connectivity index (χ4v) is 1.25. The molecule has 0 radical (unpaired) electrons. The normalized spacial score (nSPS) is 10.2. The predicted octanol–water partition coefficient (Wildman–Crippen LogP) is 0.0798. The summed E-state index contributed by atoms with van der Waals surface area (Å²) in [7, 11) is 1.77. The van der Waals surface area contributed by atoms with Gasteiger partial charge in [0.25, 0.3) is 0 Å². The highest BCUT2D eigenvalue weighted by Gasteiger charge is 2.09. The second-order valence-electron chi connectivity index (χ2n) is 2.10. The molecule has 54 valence electrons. The van der Waals surface area contributed by atoms with Crippen molar-refractivity contribution in [2.45, 2.75) is 0 Å². The standard InChI is InChI=1S/C6H13O2S/c1-8-4-6(7)5-9(2)3/h4-5H2,1-3H3/q+1. The average molecular weight is 149 g/mol. The summed E-state index contributed by atoms with van der Waals surface area (Å²) in [5.41, 5.74) is 0. The van der Waals surface area contributed by atoms with E-state index in [9.17, 15) is 4.79 Å². The lowest BCUT2D eigenvalue weighted by atomic mass is 10.5. The van der Waals surface area contributed by atoms with Crippen LogP contribution in [0.2, 0.25) is 0 Å². The van der Waals surface area contributed by atoms with Crippen molar-refractivity contribution in [1.82, 2.24) is 0 Å². The summed E-state index contributed by atoms with van der Waals surface area (Å²) in [6.07, 6.45) is 4.10. The van der Waals surface area contributed by atoms with Gasteiger partial charge in [0.1, 0.15) is 6.61 Å². The van der Waals surface area contributed by atoms with Gasteiger partial charge in [-0.2, -0.15) is 0 Å². The first kappa shape index (κ1) is 8.98. The Morgan fingerprint density at radius 3 is 2.44 bits per heavy atom. The number of rotatable bonds is 4. The minimum Gasteiger partial charge on any atom is -0.377 e. The molecule has 0 spiro atoms. The van der Waals surface area contributed by atoms with E-state index in [0.717, 1.165) is 0 Å². The molecule has 9 heavy (non-hydrogen) atoms.